The highest BCUT2D eigenvalue weighted by atomic mass is 35.5. The first kappa shape index (κ1) is 16.0. The molecule has 0 radical (unpaired) electrons. The molecule has 7 heteroatoms. The highest BCUT2D eigenvalue weighted by molar-refractivity contribution is 6.30. The van der Waals surface area contributed by atoms with Crippen LogP contribution >= 0.6 is 11.6 Å². The van der Waals surface area contributed by atoms with Crippen molar-refractivity contribution in [3.8, 4) is 0 Å². The number of carbonyl (C=O) groups excluding carboxylic acids is 2. The summed E-state index contributed by atoms with van der Waals surface area (Å²) in [6.45, 7) is 1.74. The molecule has 2 aromatic carbocycles. The van der Waals surface area contributed by atoms with Crippen LogP contribution in [0.2, 0.25) is 5.02 Å². The molecule has 2 amide bonds. The number of aryl methyl sites for hydroxylation is 1. The summed E-state index contributed by atoms with van der Waals surface area (Å²) in [5, 5.41) is 0.976. The normalized spacial score (nSPS) is 10.6. The number of rotatable bonds is 2. The first-order valence-corrected chi connectivity index (χ1v) is 7.39. The zero-order chi connectivity index (χ0) is 17.3. The quantitative estimate of drug-likeness (QED) is 0.696. The molecule has 0 fully saturated rings. The minimum absolute atomic E-state index is 0.0769. The van der Waals surface area contributed by atoms with E-state index in [4.69, 9.17) is 16.0 Å². The number of hydrogen-bond donors (Lipinski definition) is 2. The van der Waals surface area contributed by atoms with Gasteiger partial charge in [-0.15, -0.1) is 0 Å². The highest BCUT2D eigenvalue weighted by Crippen LogP contribution is 2.24. The van der Waals surface area contributed by atoms with Crippen molar-refractivity contribution >= 4 is 34.4 Å². The van der Waals surface area contributed by atoms with Gasteiger partial charge in [-0.3, -0.25) is 20.4 Å². The van der Waals surface area contributed by atoms with Crippen LogP contribution < -0.4 is 10.9 Å². The molecule has 0 aliphatic heterocycles. The van der Waals surface area contributed by atoms with Gasteiger partial charge in [0.05, 0.1) is 5.56 Å². The molecule has 24 heavy (non-hydrogen) atoms. The second-order valence-corrected chi connectivity index (χ2v) is 5.52. The van der Waals surface area contributed by atoms with Crippen molar-refractivity contribution < 1.29 is 18.4 Å². The number of fused-ring (bicyclic) bond motifs is 1. The molecule has 0 atom stereocenters. The summed E-state index contributed by atoms with van der Waals surface area (Å²) in [6.07, 6.45) is 0. The van der Waals surface area contributed by atoms with Crippen LogP contribution in [-0.4, -0.2) is 11.8 Å². The number of halogens is 2. The van der Waals surface area contributed by atoms with E-state index in [2.05, 4.69) is 10.9 Å². The predicted octanol–water partition coefficient (Wildman–Crippen LogP) is 3.61. The Labute approximate surface area is 141 Å². The van der Waals surface area contributed by atoms with Gasteiger partial charge >= 0.3 is 5.91 Å². The Morgan fingerprint density at radius 2 is 1.79 bits per heavy atom. The van der Waals surface area contributed by atoms with Gasteiger partial charge in [0, 0.05) is 16.0 Å². The average molecular weight is 347 g/mol. The standard InChI is InChI=1S/C17H12ClFN2O3/c1-9-11-4-2-3-5-14(11)24-15(9)17(23)21-20-16(22)12-7-6-10(18)8-13(12)19/h2-8H,1H3,(H,20,22)(H,21,23). The van der Waals surface area contributed by atoms with Gasteiger partial charge < -0.3 is 4.42 Å². The topological polar surface area (TPSA) is 71.3 Å². The van der Waals surface area contributed by atoms with Gasteiger partial charge in [0.15, 0.2) is 5.76 Å². The second kappa shape index (κ2) is 6.33. The van der Waals surface area contributed by atoms with Crippen LogP contribution in [0.1, 0.15) is 26.5 Å². The Balaban J connectivity index is 1.75. The Kier molecular flexibility index (Phi) is 4.22. The van der Waals surface area contributed by atoms with E-state index in [1.165, 1.54) is 12.1 Å². The molecule has 2 N–H and O–H groups in total. The lowest BCUT2D eigenvalue weighted by Gasteiger charge is -2.07. The lowest BCUT2D eigenvalue weighted by molar-refractivity contribution is 0.0829. The number of benzene rings is 2. The minimum Gasteiger partial charge on any atom is -0.451 e. The maximum Gasteiger partial charge on any atom is 0.305 e. The fourth-order valence-electron chi connectivity index (χ4n) is 2.30. The summed E-state index contributed by atoms with van der Waals surface area (Å²) in [4.78, 5) is 24.1. The van der Waals surface area contributed by atoms with Crippen molar-refractivity contribution in [1.82, 2.24) is 10.9 Å². The number of amides is 2. The zero-order valence-electron chi connectivity index (χ0n) is 12.5. The Hall–Kier alpha value is -2.86. The predicted molar refractivity (Wildman–Crippen MR) is 87.3 cm³/mol. The molecular weight excluding hydrogens is 335 g/mol. The van der Waals surface area contributed by atoms with E-state index in [0.717, 1.165) is 11.5 Å². The lowest BCUT2D eigenvalue weighted by Crippen LogP contribution is -2.42. The molecule has 3 aromatic rings. The monoisotopic (exact) mass is 346 g/mol. The van der Waals surface area contributed by atoms with Gasteiger partial charge in [-0.25, -0.2) is 4.39 Å². The van der Waals surface area contributed by atoms with Gasteiger partial charge in [0.25, 0.3) is 5.91 Å². The third-order valence-corrected chi connectivity index (χ3v) is 3.75. The zero-order valence-corrected chi connectivity index (χ0v) is 13.3. The molecule has 1 heterocycles. The average Bonchev–Trinajstić information content (AvgIpc) is 2.90. The fourth-order valence-corrected chi connectivity index (χ4v) is 2.46. The van der Waals surface area contributed by atoms with Crippen molar-refractivity contribution in [3.63, 3.8) is 0 Å². The van der Waals surface area contributed by atoms with Gasteiger partial charge in [-0.1, -0.05) is 29.8 Å². The van der Waals surface area contributed by atoms with Gasteiger partial charge in [-0.05, 0) is 31.2 Å². The van der Waals surface area contributed by atoms with Gasteiger partial charge in [-0.2, -0.15) is 0 Å². The molecule has 0 unspecified atom stereocenters. The Bertz CT molecular complexity index is 952. The van der Waals surface area contributed by atoms with Crippen LogP contribution in [-0.2, 0) is 0 Å². The van der Waals surface area contributed by atoms with Crippen molar-refractivity contribution in [2.75, 3.05) is 0 Å². The Morgan fingerprint density at radius 3 is 2.50 bits per heavy atom. The maximum absolute atomic E-state index is 13.7. The summed E-state index contributed by atoms with van der Waals surface area (Å²) in [5.74, 6) is -2.14. The molecular formula is C17H12ClFN2O3. The van der Waals surface area contributed by atoms with E-state index >= 15 is 0 Å². The summed E-state index contributed by atoms with van der Waals surface area (Å²) >= 11 is 5.63. The first-order chi connectivity index (χ1) is 11.5. The number of hydrazine groups is 1. The third kappa shape index (κ3) is 2.96. The third-order valence-electron chi connectivity index (χ3n) is 3.52. The Morgan fingerprint density at radius 1 is 1.08 bits per heavy atom. The number of nitrogens with one attached hydrogen (secondary N) is 2. The lowest BCUT2D eigenvalue weighted by atomic mass is 10.1. The summed E-state index contributed by atoms with van der Waals surface area (Å²) in [5.41, 5.74) is 5.33. The van der Waals surface area contributed by atoms with Crippen molar-refractivity contribution in [2.24, 2.45) is 0 Å². The fraction of sp³-hybridized carbons (Fsp3) is 0.0588. The van der Waals surface area contributed by atoms with E-state index in [0.29, 0.717) is 11.1 Å². The highest BCUT2D eigenvalue weighted by Gasteiger charge is 2.19. The summed E-state index contributed by atoms with van der Waals surface area (Å²) in [7, 11) is 0. The number of furan rings is 1. The maximum atomic E-state index is 13.7. The van der Waals surface area contributed by atoms with E-state index in [-0.39, 0.29) is 16.3 Å². The van der Waals surface area contributed by atoms with E-state index < -0.39 is 17.6 Å². The molecule has 0 aliphatic carbocycles. The van der Waals surface area contributed by atoms with Crippen molar-refractivity contribution in [2.45, 2.75) is 6.92 Å². The smallest absolute Gasteiger partial charge is 0.305 e. The molecule has 0 bridgehead atoms. The molecule has 3 rings (SSSR count). The van der Waals surface area contributed by atoms with Gasteiger partial charge in [0.2, 0.25) is 0 Å². The van der Waals surface area contributed by atoms with E-state index in [1.807, 2.05) is 12.1 Å². The summed E-state index contributed by atoms with van der Waals surface area (Å²) < 4.78 is 19.2. The summed E-state index contributed by atoms with van der Waals surface area (Å²) in [6, 6.07) is 10.8. The SMILES string of the molecule is Cc1c(C(=O)NNC(=O)c2ccc(Cl)cc2F)oc2ccccc12. The van der Waals surface area contributed by atoms with Crippen LogP contribution in [0.25, 0.3) is 11.0 Å². The number of carbonyl (C=O) groups is 2. The molecule has 0 aliphatic rings. The van der Waals surface area contributed by atoms with E-state index in [1.54, 1.807) is 19.1 Å². The molecule has 122 valence electrons. The first-order valence-electron chi connectivity index (χ1n) is 7.01. The van der Waals surface area contributed by atoms with Crippen molar-refractivity contribution in [3.05, 3.63) is 70.2 Å². The molecule has 0 saturated heterocycles. The van der Waals surface area contributed by atoms with Crippen LogP contribution in [0.15, 0.2) is 46.9 Å². The van der Waals surface area contributed by atoms with Crippen LogP contribution in [0, 0.1) is 12.7 Å². The van der Waals surface area contributed by atoms with Crippen molar-refractivity contribution in [1.29, 1.82) is 0 Å². The molecule has 5 nitrogen and oxygen atoms in total. The largest absolute Gasteiger partial charge is 0.451 e. The number of para-hydroxylation sites is 1. The molecule has 1 aromatic heterocycles. The molecule has 0 saturated carbocycles. The molecule has 0 spiro atoms. The van der Waals surface area contributed by atoms with Crippen LogP contribution in [0.3, 0.4) is 0 Å². The number of hydrogen-bond acceptors (Lipinski definition) is 3. The van der Waals surface area contributed by atoms with Crippen LogP contribution in [0.4, 0.5) is 4.39 Å². The van der Waals surface area contributed by atoms with E-state index in [9.17, 15) is 14.0 Å². The van der Waals surface area contributed by atoms with Crippen LogP contribution in [0.5, 0.6) is 0 Å². The minimum atomic E-state index is -0.800. The van der Waals surface area contributed by atoms with Gasteiger partial charge in [0.1, 0.15) is 11.4 Å². The second-order valence-electron chi connectivity index (χ2n) is 5.08.